The first kappa shape index (κ1) is 47.2. The van der Waals surface area contributed by atoms with Gasteiger partial charge in [0, 0.05) is 98.5 Å². The summed E-state index contributed by atoms with van der Waals surface area (Å²) in [6.45, 7) is 4.26. The number of para-hydroxylation sites is 8. The maximum atomic E-state index is 6.94. The molecule has 86 heavy (non-hydrogen) atoms. The highest BCUT2D eigenvalue weighted by Crippen LogP contribution is 2.55. The van der Waals surface area contributed by atoms with Gasteiger partial charge in [0.05, 0.1) is 44.5 Å². The molecule has 0 spiro atoms. The van der Waals surface area contributed by atoms with Crippen molar-refractivity contribution in [3.05, 3.63) is 278 Å². The molecule has 6 heterocycles. The SMILES string of the molecule is Cc1cccc2c1oc1c(N(c3ccccc3)c3ccc4c5cccc6c7c(-c8ccccc8)c8c(c(-c9ccccc9)c7n(c4c3)c56)c3cccc4c5ccc(N(c6ccccc6)c6cccc7c6oc6c(C)cccc67)cc5n8c43)cccc12. The summed E-state index contributed by atoms with van der Waals surface area (Å²) < 4.78 is 19.1. The molecule has 0 aliphatic carbocycles. The van der Waals surface area contributed by atoms with E-state index in [2.05, 4.69) is 299 Å². The van der Waals surface area contributed by atoms with Crippen LogP contribution in [0.5, 0.6) is 0 Å². The third kappa shape index (κ3) is 6.34. The van der Waals surface area contributed by atoms with E-state index in [9.17, 15) is 0 Å². The lowest BCUT2D eigenvalue weighted by molar-refractivity contribution is 0.665. The molecule has 0 aliphatic rings. The van der Waals surface area contributed by atoms with E-state index in [1.807, 2.05) is 0 Å². The summed E-state index contributed by atoms with van der Waals surface area (Å²) in [5.74, 6) is 0. The zero-order valence-electron chi connectivity index (χ0n) is 47.0. The molecule has 6 nitrogen and oxygen atoms in total. The van der Waals surface area contributed by atoms with E-state index in [1.165, 1.54) is 76.3 Å². The second kappa shape index (κ2) is 17.6. The molecule has 0 unspecified atom stereocenters. The van der Waals surface area contributed by atoms with Crippen LogP contribution in [0.2, 0.25) is 0 Å². The first-order chi connectivity index (χ1) is 42.6. The van der Waals surface area contributed by atoms with Crippen LogP contribution in [0, 0.1) is 13.8 Å². The van der Waals surface area contributed by atoms with Gasteiger partial charge in [-0.25, -0.2) is 0 Å². The van der Waals surface area contributed by atoms with Crippen molar-refractivity contribution in [2.24, 2.45) is 0 Å². The minimum atomic E-state index is 0.858. The van der Waals surface area contributed by atoms with E-state index in [4.69, 9.17) is 8.83 Å². The van der Waals surface area contributed by atoms with Crippen molar-refractivity contribution in [2.75, 3.05) is 9.80 Å². The zero-order chi connectivity index (χ0) is 56.5. The van der Waals surface area contributed by atoms with Crippen LogP contribution in [0.1, 0.15) is 11.1 Å². The van der Waals surface area contributed by atoms with Crippen molar-refractivity contribution in [1.29, 1.82) is 0 Å². The van der Waals surface area contributed by atoms with Crippen molar-refractivity contribution in [1.82, 2.24) is 8.80 Å². The van der Waals surface area contributed by atoms with E-state index >= 15 is 0 Å². The minimum absolute atomic E-state index is 0.858. The van der Waals surface area contributed by atoms with Gasteiger partial charge in [-0.2, -0.15) is 0 Å². The highest BCUT2D eigenvalue weighted by Gasteiger charge is 2.32. The molecular formula is C80H50N4O2. The number of anilines is 6. The highest BCUT2D eigenvalue weighted by atomic mass is 16.3. The average Bonchev–Trinajstić information content (AvgIpc) is 1.59. The molecule has 0 amide bonds. The number of furan rings is 2. The van der Waals surface area contributed by atoms with Crippen molar-refractivity contribution in [3.8, 4) is 22.3 Å². The molecule has 19 aromatic rings. The Labute approximate surface area is 493 Å². The van der Waals surface area contributed by atoms with Crippen LogP contribution in [0.25, 0.3) is 142 Å². The van der Waals surface area contributed by atoms with Crippen LogP contribution < -0.4 is 9.80 Å². The molecule has 0 N–H and O–H groups in total. The fourth-order valence-corrected chi connectivity index (χ4v) is 15.0. The topological polar surface area (TPSA) is 41.6 Å². The first-order valence-electron chi connectivity index (χ1n) is 29.6. The molecule has 0 saturated carbocycles. The Bertz CT molecular complexity index is 5610. The predicted octanol–water partition coefficient (Wildman–Crippen LogP) is 22.7. The Kier molecular flexibility index (Phi) is 9.65. The van der Waals surface area contributed by atoms with Gasteiger partial charge in [-0.1, -0.05) is 206 Å². The van der Waals surface area contributed by atoms with E-state index in [0.717, 1.165) is 111 Å². The number of benzene rings is 13. The number of aromatic nitrogens is 2. The maximum absolute atomic E-state index is 6.94. The van der Waals surface area contributed by atoms with Gasteiger partial charge >= 0.3 is 0 Å². The van der Waals surface area contributed by atoms with Crippen LogP contribution in [0.3, 0.4) is 0 Å². The number of hydrogen-bond acceptors (Lipinski definition) is 4. The quantitative estimate of drug-likeness (QED) is 0.152. The highest BCUT2D eigenvalue weighted by molar-refractivity contribution is 6.38. The molecule has 0 saturated heterocycles. The Morgan fingerprint density at radius 1 is 0.267 bits per heavy atom. The lowest BCUT2D eigenvalue weighted by atomic mass is 9.89. The minimum Gasteiger partial charge on any atom is -0.454 e. The van der Waals surface area contributed by atoms with Gasteiger partial charge < -0.3 is 27.4 Å². The molecule has 0 atom stereocenters. The van der Waals surface area contributed by atoms with Gasteiger partial charge in [-0.3, -0.25) is 0 Å². The van der Waals surface area contributed by atoms with Crippen molar-refractivity contribution in [3.63, 3.8) is 0 Å². The number of nitrogens with zero attached hydrogens (tertiary/aromatic N) is 4. The van der Waals surface area contributed by atoms with Gasteiger partial charge in [0.1, 0.15) is 11.2 Å². The van der Waals surface area contributed by atoms with Crippen molar-refractivity contribution >= 4 is 154 Å². The maximum Gasteiger partial charge on any atom is 0.159 e. The molecule has 0 aliphatic heterocycles. The summed E-state index contributed by atoms with van der Waals surface area (Å²) in [5.41, 5.74) is 23.7. The lowest BCUT2D eigenvalue weighted by Gasteiger charge is -2.25. The molecule has 0 fully saturated rings. The summed E-state index contributed by atoms with van der Waals surface area (Å²) in [6, 6.07) is 97.7. The van der Waals surface area contributed by atoms with Crippen molar-refractivity contribution in [2.45, 2.75) is 13.8 Å². The Balaban J connectivity index is 0.951. The Morgan fingerprint density at radius 3 is 1.03 bits per heavy atom. The third-order valence-corrected chi connectivity index (χ3v) is 18.5. The zero-order valence-corrected chi connectivity index (χ0v) is 47.0. The molecule has 6 aromatic heterocycles. The lowest BCUT2D eigenvalue weighted by Crippen LogP contribution is -2.10. The van der Waals surface area contributed by atoms with Gasteiger partial charge in [-0.15, -0.1) is 0 Å². The normalized spacial score (nSPS) is 12.3. The van der Waals surface area contributed by atoms with Crippen LogP contribution in [-0.2, 0) is 0 Å². The van der Waals surface area contributed by atoms with E-state index in [1.54, 1.807) is 0 Å². The number of rotatable bonds is 8. The molecule has 0 bridgehead atoms. The average molecular weight is 1100 g/mol. The summed E-state index contributed by atoms with van der Waals surface area (Å²) in [7, 11) is 0. The molecule has 19 rings (SSSR count). The Morgan fingerprint density at radius 2 is 0.616 bits per heavy atom. The molecule has 6 heteroatoms. The van der Waals surface area contributed by atoms with Crippen LogP contribution in [0.15, 0.2) is 276 Å². The van der Waals surface area contributed by atoms with Crippen LogP contribution in [0.4, 0.5) is 34.1 Å². The monoisotopic (exact) mass is 1100 g/mol. The summed E-state index contributed by atoms with van der Waals surface area (Å²) in [5, 5.41) is 14.1. The van der Waals surface area contributed by atoms with Crippen molar-refractivity contribution < 1.29 is 8.83 Å². The van der Waals surface area contributed by atoms with Gasteiger partial charge in [0.2, 0.25) is 0 Å². The number of fused-ring (bicyclic) bond motifs is 18. The van der Waals surface area contributed by atoms with Crippen LogP contribution >= 0.6 is 0 Å². The third-order valence-electron chi connectivity index (χ3n) is 18.5. The van der Waals surface area contributed by atoms with E-state index in [-0.39, 0.29) is 0 Å². The smallest absolute Gasteiger partial charge is 0.159 e. The predicted molar refractivity (Wildman–Crippen MR) is 360 cm³/mol. The summed E-state index contributed by atoms with van der Waals surface area (Å²) in [4.78, 5) is 4.75. The van der Waals surface area contributed by atoms with Gasteiger partial charge in [0.15, 0.2) is 11.2 Å². The van der Waals surface area contributed by atoms with E-state index in [0.29, 0.717) is 0 Å². The Hall–Kier alpha value is -11.3. The first-order valence-corrected chi connectivity index (χ1v) is 29.6. The molecular weight excluding hydrogens is 1050 g/mol. The molecule has 402 valence electrons. The summed E-state index contributed by atoms with van der Waals surface area (Å²) in [6.07, 6.45) is 0. The summed E-state index contributed by atoms with van der Waals surface area (Å²) >= 11 is 0. The van der Waals surface area contributed by atoms with Gasteiger partial charge in [-0.05, 0) is 96.8 Å². The van der Waals surface area contributed by atoms with Gasteiger partial charge in [0.25, 0.3) is 0 Å². The van der Waals surface area contributed by atoms with E-state index < -0.39 is 0 Å². The largest absolute Gasteiger partial charge is 0.454 e. The number of hydrogen-bond donors (Lipinski definition) is 0. The fraction of sp³-hybridized carbons (Fsp3) is 0.0250. The second-order valence-corrected chi connectivity index (χ2v) is 23.2. The molecule has 0 radical (unpaired) electrons. The fourth-order valence-electron chi connectivity index (χ4n) is 15.0. The molecule has 13 aromatic carbocycles. The standard InChI is InChI=1S/C80H50N4O2/c1-47-21-15-33-59-61-35-19-39-65(79(61)85-77(47)59)81(51-27-11-5-12-28-51)53-41-43-55-57-31-17-37-63-71-70(50-25-9-4-10-26-50)76-72(69(49-23-7-3-8-24-49)75(71)83(73(57)63)67(55)45-53)64-38-18-32-58-56-44-42-54(46-68(56)84(76)74(58)64)82(52-29-13-6-14-30-52)66-40-20-36-62-60-34-16-22-48(2)78(60)86-80(62)66/h3-46H,1-2H3. The van der Waals surface area contributed by atoms with Crippen LogP contribution in [-0.4, -0.2) is 8.80 Å². The number of aryl methyl sites for hydroxylation is 2. The second-order valence-electron chi connectivity index (χ2n) is 23.2.